The van der Waals surface area contributed by atoms with Crippen molar-refractivity contribution < 1.29 is 9.47 Å². The lowest BCUT2D eigenvalue weighted by Gasteiger charge is -2.37. The van der Waals surface area contributed by atoms with Crippen LogP contribution >= 0.6 is 0 Å². The van der Waals surface area contributed by atoms with E-state index >= 15 is 0 Å². The van der Waals surface area contributed by atoms with Gasteiger partial charge in [0.05, 0.1) is 32.0 Å². The summed E-state index contributed by atoms with van der Waals surface area (Å²) >= 11 is 0. The lowest BCUT2D eigenvalue weighted by molar-refractivity contribution is 0.0337. The standard InChI is InChI=1S/C13H22N6O2/c1-9-8-21-10(2)7-19(9)13-16-11(14)15-12(17-13)18-3-5-20-6-4-18/h9-10H,3-8H2,1-2H3,(H2,14,15,16,17). The molecule has 2 aliphatic heterocycles. The minimum Gasteiger partial charge on any atom is -0.378 e. The molecule has 2 saturated heterocycles. The van der Waals surface area contributed by atoms with Gasteiger partial charge in [-0.2, -0.15) is 15.0 Å². The zero-order chi connectivity index (χ0) is 14.8. The van der Waals surface area contributed by atoms with E-state index in [-0.39, 0.29) is 18.1 Å². The largest absolute Gasteiger partial charge is 0.378 e. The topological polar surface area (TPSA) is 89.6 Å². The summed E-state index contributed by atoms with van der Waals surface area (Å²) in [4.78, 5) is 17.4. The first-order valence-electron chi connectivity index (χ1n) is 7.36. The van der Waals surface area contributed by atoms with E-state index in [4.69, 9.17) is 15.2 Å². The molecule has 2 N–H and O–H groups in total. The number of nitrogen functional groups attached to an aromatic ring is 1. The number of hydrogen-bond acceptors (Lipinski definition) is 8. The summed E-state index contributed by atoms with van der Waals surface area (Å²) in [5.41, 5.74) is 5.87. The fraction of sp³-hybridized carbons (Fsp3) is 0.769. The second-order valence-corrected chi connectivity index (χ2v) is 5.54. The molecule has 1 aromatic rings. The molecular formula is C13H22N6O2. The Balaban J connectivity index is 1.86. The Kier molecular flexibility index (Phi) is 4.07. The van der Waals surface area contributed by atoms with Crippen molar-refractivity contribution in [2.45, 2.75) is 26.0 Å². The average Bonchev–Trinajstić information content (AvgIpc) is 2.50. The highest BCUT2D eigenvalue weighted by Crippen LogP contribution is 2.21. The average molecular weight is 294 g/mol. The van der Waals surface area contributed by atoms with Crippen LogP contribution in [0.2, 0.25) is 0 Å². The van der Waals surface area contributed by atoms with Crippen molar-refractivity contribution in [3.05, 3.63) is 0 Å². The second-order valence-electron chi connectivity index (χ2n) is 5.54. The van der Waals surface area contributed by atoms with Gasteiger partial charge in [0, 0.05) is 19.6 Å². The van der Waals surface area contributed by atoms with Gasteiger partial charge in [-0.3, -0.25) is 0 Å². The van der Waals surface area contributed by atoms with Crippen LogP contribution in [0.5, 0.6) is 0 Å². The molecule has 0 bridgehead atoms. The van der Waals surface area contributed by atoms with Crippen LogP contribution in [0.1, 0.15) is 13.8 Å². The van der Waals surface area contributed by atoms with Gasteiger partial charge >= 0.3 is 0 Å². The lowest BCUT2D eigenvalue weighted by Crippen LogP contribution is -2.48. The molecule has 2 atom stereocenters. The van der Waals surface area contributed by atoms with E-state index in [1.165, 1.54) is 0 Å². The Bertz CT molecular complexity index is 494. The second kappa shape index (κ2) is 5.98. The third-order valence-electron chi connectivity index (χ3n) is 3.79. The Morgan fingerprint density at radius 3 is 2.57 bits per heavy atom. The van der Waals surface area contributed by atoms with Gasteiger partial charge in [-0.15, -0.1) is 0 Å². The van der Waals surface area contributed by atoms with Crippen molar-refractivity contribution in [1.29, 1.82) is 0 Å². The Hall–Kier alpha value is -1.67. The predicted molar refractivity (Wildman–Crippen MR) is 79.5 cm³/mol. The lowest BCUT2D eigenvalue weighted by atomic mass is 10.2. The van der Waals surface area contributed by atoms with E-state index in [0.29, 0.717) is 31.7 Å². The summed E-state index contributed by atoms with van der Waals surface area (Å²) in [6.45, 7) is 8.49. The van der Waals surface area contributed by atoms with Crippen molar-refractivity contribution >= 4 is 17.8 Å². The Morgan fingerprint density at radius 2 is 1.81 bits per heavy atom. The van der Waals surface area contributed by atoms with Gasteiger partial charge < -0.3 is 25.0 Å². The molecule has 3 rings (SSSR count). The quantitative estimate of drug-likeness (QED) is 0.809. The van der Waals surface area contributed by atoms with Gasteiger partial charge in [-0.25, -0.2) is 0 Å². The van der Waals surface area contributed by atoms with Crippen LogP contribution in [-0.4, -0.2) is 66.6 Å². The zero-order valence-electron chi connectivity index (χ0n) is 12.5. The molecule has 2 fully saturated rings. The maximum absolute atomic E-state index is 5.87. The molecule has 21 heavy (non-hydrogen) atoms. The third kappa shape index (κ3) is 3.16. The van der Waals surface area contributed by atoms with Crippen LogP contribution in [0, 0.1) is 0 Å². The highest BCUT2D eigenvalue weighted by Gasteiger charge is 2.27. The molecule has 1 aromatic heterocycles. The van der Waals surface area contributed by atoms with Crippen molar-refractivity contribution in [3.8, 4) is 0 Å². The van der Waals surface area contributed by atoms with Gasteiger partial charge in [0.1, 0.15) is 0 Å². The number of aromatic nitrogens is 3. The highest BCUT2D eigenvalue weighted by molar-refractivity contribution is 5.44. The molecule has 2 aliphatic rings. The molecule has 8 nitrogen and oxygen atoms in total. The first-order chi connectivity index (χ1) is 10.1. The number of ether oxygens (including phenoxy) is 2. The van der Waals surface area contributed by atoms with E-state index in [9.17, 15) is 0 Å². The molecule has 116 valence electrons. The molecule has 2 unspecified atom stereocenters. The monoisotopic (exact) mass is 294 g/mol. The van der Waals surface area contributed by atoms with E-state index in [1.807, 2.05) is 6.92 Å². The van der Waals surface area contributed by atoms with Crippen LogP contribution in [-0.2, 0) is 9.47 Å². The van der Waals surface area contributed by atoms with Crippen molar-refractivity contribution in [2.75, 3.05) is 55.0 Å². The van der Waals surface area contributed by atoms with Crippen molar-refractivity contribution in [3.63, 3.8) is 0 Å². The summed E-state index contributed by atoms with van der Waals surface area (Å²) in [5, 5.41) is 0. The molecule has 0 saturated carbocycles. The highest BCUT2D eigenvalue weighted by atomic mass is 16.5. The van der Waals surface area contributed by atoms with Crippen LogP contribution in [0.25, 0.3) is 0 Å². The molecule has 0 spiro atoms. The SMILES string of the molecule is CC1CN(c2nc(N)nc(N3CCOCC3)n2)C(C)CO1. The predicted octanol–water partition coefficient (Wildman–Crippen LogP) is -0.0960. The number of hydrogen-bond donors (Lipinski definition) is 1. The minimum absolute atomic E-state index is 0.158. The maximum atomic E-state index is 5.87. The minimum atomic E-state index is 0.158. The summed E-state index contributed by atoms with van der Waals surface area (Å²) in [6, 6.07) is 0.223. The van der Waals surface area contributed by atoms with E-state index in [1.54, 1.807) is 0 Å². The summed E-state index contributed by atoms with van der Waals surface area (Å²) in [6.07, 6.45) is 0.158. The number of nitrogens with zero attached hydrogens (tertiary/aromatic N) is 5. The molecular weight excluding hydrogens is 272 g/mol. The number of rotatable bonds is 2. The zero-order valence-corrected chi connectivity index (χ0v) is 12.5. The smallest absolute Gasteiger partial charge is 0.232 e. The van der Waals surface area contributed by atoms with Crippen LogP contribution < -0.4 is 15.5 Å². The van der Waals surface area contributed by atoms with Gasteiger partial charge in [0.25, 0.3) is 0 Å². The first-order valence-corrected chi connectivity index (χ1v) is 7.36. The maximum Gasteiger partial charge on any atom is 0.232 e. The van der Waals surface area contributed by atoms with Crippen LogP contribution in [0.4, 0.5) is 17.8 Å². The molecule has 3 heterocycles. The van der Waals surface area contributed by atoms with Crippen LogP contribution in [0.15, 0.2) is 0 Å². The Morgan fingerprint density at radius 1 is 1.10 bits per heavy atom. The van der Waals surface area contributed by atoms with Crippen molar-refractivity contribution in [2.24, 2.45) is 0 Å². The number of anilines is 3. The molecule has 0 radical (unpaired) electrons. The van der Waals surface area contributed by atoms with E-state index < -0.39 is 0 Å². The molecule has 0 aliphatic carbocycles. The molecule has 0 aromatic carbocycles. The normalized spacial score (nSPS) is 27.0. The van der Waals surface area contributed by atoms with Crippen molar-refractivity contribution in [1.82, 2.24) is 15.0 Å². The van der Waals surface area contributed by atoms with Gasteiger partial charge in [0.2, 0.25) is 17.8 Å². The fourth-order valence-corrected chi connectivity index (χ4v) is 2.58. The third-order valence-corrected chi connectivity index (χ3v) is 3.79. The first kappa shape index (κ1) is 14.3. The number of nitrogens with two attached hydrogens (primary N) is 1. The van der Waals surface area contributed by atoms with Gasteiger partial charge in [-0.1, -0.05) is 0 Å². The summed E-state index contributed by atoms with van der Waals surface area (Å²) < 4.78 is 11.0. The van der Waals surface area contributed by atoms with Crippen LogP contribution in [0.3, 0.4) is 0 Å². The van der Waals surface area contributed by atoms with Gasteiger partial charge in [-0.05, 0) is 13.8 Å². The van der Waals surface area contributed by atoms with E-state index in [0.717, 1.165) is 19.6 Å². The molecule has 0 amide bonds. The Labute approximate surface area is 124 Å². The van der Waals surface area contributed by atoms with E-state index in [2.05, 4.69) is 31.7 Å². The molecule has 8 heteroatoms. The summed E-state index contributed by atoms with van der Waals surface area (Å²) in [5.74, 6) is 1.52. The van der Waals surface area contributed by atoms with Gasteiger partial charge in [0.15, 0.2) is 0 Å². The fourth-order valence-electron chi connectivity index (χ4n) is 2.58. The number of morpholine rings is 2. The summed E-state index contributed by atoms with van der Waals surface area (Å²) in [7, 11) is 0.